The Labute approximate surface area is 133 Å². The second-order valence-electron chi connectivity index (χ2n) is 6.09. The predicted molar refractivity (Wildman–Crippen MR) is 85.4 cm³/mol. The molecule has 3 aromatic rings. The van der Waals surface area contributed by atoms with Gasteiger partial charge in [0, 0.05) is 30.9 Å². The van der Waals surface area contributed by atoms with Crippen LogP contribution in [0.1, 0.15) is 23.6 Å². The highest BCUT2D eigenvalue weighted by Gasteiger charge is 2.32. The van der Waals surface area contributed by atoms with E-state index < -0.39 is 0 Å². The molecule has 3 heterocycles. The highest BCUT2D eigenvalue weighted by Crippen LogP contribution is 2.34. The smallest absolute Gasteiger partial charge is 0.123 e. The summed E-state index contributed by atoms with van der Waals surface area (Å²) in [5.41, 5.74) is 3.25. The van der Waals surface area contributed by atoms with Gasteiger partial charge in [0.15, 0.2) is 0 Å². The van der Waals surface area contributed by atoms with Crippen LogP contribution in [0.3, 0.4) is 0 Å². The van der Waals surface area contributed by atoms with Crippen molar-refractivity contribution in [2.75, 3.05) is 6.54 Å². The molecule has 0 aliphatic carbocycles. The van der Waals surface area contributed by atoms with Crippen LogP contribution in [0.4, 0.5) is 4.39 Å². The van der Waals surface area contributed by atoms with Gasteiger partial charge in [-0.2, -0.15) is 5.10 Å². The number of nitrogens with zero attached hydrogens (tertiary/aromatic N) is 3. The first-order chi connectivity index (χ1) is 11.2. The van der Waals surface area contributed by atoms with Crippen LogP contribution in [0, 0.1) is 5.82 Å². The third-order valence-corrected chi connectivity index (χ3v) is 4.52. The summed E-state index contributed by atoms with van der Waals surface area (Å²) in [6.45, 7) is 1.33. The number of aliphatic hydroxyl groups excluding tert-OH is 1. The van der Waals surface area contributed by atoms with Crippen LogP contribution in [-0.4, -0.2) is 32.3 Å². The molecule has 118 valence electrons. The number of likely N-dealkylation sites (tertiary alicyclic amines) is 1. The van der Waals surface area contributed by atoms with Gasteiger partial charge in [-0.25, -0.2) is 8.91 Å². The standard InChI is InChI=1S/C18H18FN3O/c19-15-6-4-13(5-7-15)18-9-16(23)12-21(18)11-14-10-20-22-8-2-1-3-17(14)22/h1-8,10,16,18,23H,9,11-12H2/t16-,18+/m1/s1. The van der Waals surface area contributed by atoms with Crippen LogP contribution >= 0.6 is 0 Å². The van der Waals surface area contributed by atoms with E-state index in [4.69, 9.17) is 0 Å². The first kappa shape index (κ1) is 14.4. The van der Waals surface area contributed by atoms with Crippen molar-refractivity contribution in [2.45, 2.75) is 25.1 Å². The molecule has 23 heavy (non-hydrogen) atoms. The van der Waals surface area contributed by atoms with Gasteiger partial charge >= 0.3 is 0 Å². The van der Waals surface area contributed by atoms with E-state index in [9.17, 15) is 9.50 Å². The first-order valence-electron chi connectivity index (χ1n) is 7.79. The minimum absolute atomic E-state index is 0.101. The van der Waals surface area contributed by atoms with Crippen molar-refractivity contribution in [1.29, 1.82) is 0 Å². The largest absolute Gasteiger partial charge is 0.392 e. The molecule has 5 heteroatoms. The van der Waals surface area contributed by atoms with Crippen LogP contribution < -0.4 is 0 Å². The van der Waals surface area contributed by atoms with Crippen molar-refractivity contribution in [3.63, 3.8) is 0 Å². The Bertz CT molecular complexity index is 815. The van der Waals surface area contributed by atoms with Gasteiger partial charge in [-0.15, -0.1) is 0 Å². The number of rotatable bonds is 3. The maximum atomic E-state index is 13.2. The molecule has 0 spiro atoms. The molecule has 0 radical (unpaired) electrons. The number of hydrogen-bond acceptors (Lipinski definition) is 3. The zero-order chi connectivity index (χ0) is 15.8. The Kier molecular flexibility index (Phi) is 3.59. The fraction of sp³-hybridized carbons (Fsp3) is 0.278. The van der Waals surface area contributed by atoms with Crippen molar-refractivity contribution in [3.05, 3.63) is 71.8 Å². The fourth-order valence-electron chi connectivity index (χ4n) is 3.41. The highest BCUT2D eigenvalue weighted by atomic mass is 19.1. The van der Waals surface area contributed by atoms with Gasteiger partial charge in [0.1, 0.15) is 5.82 Å². The SMILES string of the molecule is O[C@@H]1C[C@@H](c2ccc(F)cc2)N(Cc2cnn3ccccc23)C1. The van der Waals surface area contributed by atoms with Crippen molar-refractivity contribution in [1.82, 2.24) is 14.5 Å². The molecule has 0 unspecified atom stereocenters. The minimum Gasteiger partial charge on any atom is -0.392 e. The monoisotopic (exact) mass is 311 g/mol. The maximum absolute atomic E-state index is 13.2. The van der Waals surface area contributed by atoms with Gasteiger partial charge in [0.25, 0.3) is 0 Å². The summed E-state index contributed by atoms with van der Waals surface area (Å²) >= 11 is 0. The number of halogens is 1. The van der Waals surface area contributed by atoms with Gasteiger partial charge in [-0.3, -0.25) is 4.90 Å². The molecule has 1 saturated heterocycles. The second-order valence-corrected chi connectivity index (χ2v) is 6.09. The number of benzene rings is 1. The highest BCUT2D eigenvalue weighted by molar-refractivity contribution is 5.53. The zero-order valence-electron chi connectivity index (χ0n) is 12.6. The first-order valence-corrected chi connectivity index (χ1v) is 7.79. The van der Waals surface area contributed by atoms with E-state index in [1.807, 2.05) is 35.1 Å². The lowest BCUT2D eigenvalue weighted by molar-refractivity contribution is 0.173. The molecule has 4 nitrogen and oxygen atoms in total. The van der Waals surface area contributed by atoms with E-state index in [-0.39, 0.29) is 18.0 Å². The molecule has 0 saturated carbocycles. The second kappa shape index (κ2) is 5.76. The molecule has 1 fully saturated rings. The summed E-state index contributed by atoms with van der Waals surface area (Å²) in [5.74, 6) is -0.235. The molecule has 1 N–H and O–H groups in total. The van der Waals surface area contributed by atoms with Gasteiger partial charge in [-0.1, -0.05) is 18.2 Å². The number of fused-ring (bicyclic) bond motifs is 1. The molecule has 0 amide bonds. The van der Waals surface area contributed by atoms with E-state index in [1.54, 1.807) is 12.1 Å². The Balaban J connectivity index is 1.62. The summed E-state index contributed by atoms with van der Waals surface area (Å²) in [6.07, 6.45) is 4.12. The molecular formula is C18H18FN3O. The zero-order valence-corrected chi connectivity index (χ0v) is 12.6. The Morgan fingerprint density at radius 1 is 1.17 bits per heavy atom. The van der Waals surface area contributed by atoms with Crippen LogP contribution in [0.25, 0.3) is 5.52 Å². The third kappa shape index (κ3) is 2.73. The fourth-order valence-corrected chi connectivity index (χ4v) is 3.41. The molecule has 1 aromatic carbocycles. The lowest BCUT2D eigenvalue weighted by atomic mass is 10.0. The van der Waals surface area contributed by atoms with Gasteiger partial charge < -0.3 is 5.11 Å². The molecule has 2 atom stereocenters. The summed E-state index contributed by atoms with van der Waals surface area (Å²) < 4.78 is 15.0. The normalized spacial score (nSPS) is 22.0. The maximum Gasteiger partial charge on any atom is 0.123 e. The van der Waals surface area contributed by atoms with E-state index in [0.29, 0.717) is 19.5 Å². The molecule has 1 aliphatic rings. The minimum atomic E-state index is -0.355. The van der Waals surface area contributed by atoms with Crippen LogP contribution in [0.2, 0.25) is 0 Å². The average Bonchev–Trinajstić information content (AvgIpc) is 3.13. The van der Waals surface area contributed by atoms with Crippen molar-refractivity contribution in [3.8, 4) is 0 Å². The van der Waals surface area contributed by atoms with Gasteiger partial charge in [-0.05, 0) is 36.2 Å². The number of hydrogen-bond donors (Lipinski definition) is 1. The predicted octanol–water partition coefficient (Wildman–Crippen LogP) is 2.78. The summed E-state index contributed by atoms with van der Waals surface area (Å²) in [4.78, 5) is 2.24. The Morgan fingerprint density at radius 2 is 2.00 bits per heavy atom. The topological polar surface area (TPSA) is 40.8 Å². The number of aliphatic hydroxyl groups is 1. The van der Waals surface area contributed by atoms with E-state index in [1.165, 1.54) is 12.1 Å². The van der Waals surface area contributed by atoms with E-state index >= 15 is 0 Å². The van der Waals surface area contributed by atoms with Gasteiger partial charge in [0.05, 0.1) is 17.8 Å². The number of aromatic nitrogens is 2. The van der Waals surface area contributed by atoms with Crippen LogP contribution in [0.5, 0.6) is 0 Å². The number of pyridine rings is 1. The van der Waals surface area contributed by atoms with Crippen LogP contribution in [-0.2, 0) is 6.54 Å². The molecule has 0 bridgehead atoms. The van der Waals surface area contributed by atoms with E-state index in [0.717, 1.165) is 16.6 Å². The molecular weight excluding hydrogens is 293 g/mol. The third-order valence-electron chi connectivity index (χ3n) is 4.52. The van der Waals surface area contributed by atoms with Crippen molar-refractivity contribution < 1.29 is 9.50 Å². The average molecular weight is 311 g/mol. The quantitative estimate of drug-likeness (QED) is 0.808. The molecule has 4 rings (SSSR count). The summed E-state index contributed by atoms with van der Waals surface area (Å²) in [5, 5.41) is 14.5. The lowest BCUT2D eigenvalue weighted by Gasteiger charge is -2.24. The number of β-amino-alcohol motifs (C(OH)–C–C–N with tert-alkyl or cyclic N) is 1. The Hall–Kier alpha value is -2.24. The summed E-state index contributed by atoms with van der Waals surface area (Å²) in [6, 6.07) is 12.7. The molecule has 1 aliphatic heterocycles. The van der Waals surface area contributed by atoms with Crippen LogP contribution in [0.15, 0.2) is 54.9 Å². The van der Waals surface area contributed by atoms with Crippen molar-refractivity contribution >= 4 is 5.52 Å². The summed E-state index contributed by atoms with van der Waals surface area (Å²) in [7, 11) is 0. The van der Waals surface area contributed by atoms with Gasteiger partial charge in [0.2, 0.25) is 0 Å². The lowest BCUT2D eigenvalue weighted by Crippen LogP contribution is -2.24. The van der Waals surface area contributed by atoms with Crippen molar-refractivity contribution in [2.24, 2.45) is 0 Å². The Morgan fingerprint density at radius 3 is 2.83 bits per heavy atom. The molecule has 2 aromatic heterocycles. The van der Waals surface area contributed by atoms with E-state index in [2.05, 4.69) is 10.00 Å².